The summed E-state index contributed by atoms with van der Waals surface area (Å²) in [5.74, 6) is 0.295. The number of amides is 1. The highest BCUT2D eigenvalue weighted by Crippen LogP contribution is 2.23. The molecular formula is C16H24N2O2. The molecule has 1 saturated heterocycles. The average Bonchev–Trinajstić information content (AvgIpc) is 2.75. The Kier molecular flexibility index (Phi) is 4.33. The van der Waals surface area contributed by atoms with Gasteiger partial charge in [0.15, 0.2) is 0 Å². The Labute approximate surface area is 120 Å². The molecule has 1 heterocycles. The van der Waals surface area contributed by atoms with Gasteiger partial charge in [0.25, 0.3) is 0 Å². The first-order valence-corrected chi connectivity index (χ1v) is 7.12. The second-order valence-electron chi connectivity index (χ2n) is 6.43. The highest BCUT2D eigenvalue weighted by molar-refractivity contribution is 5.68. The van der Waals surface area contributed by atoms with Crippen LogP contribution in [0.25, 0.3) is 0 Å². The van der Waals surface area contributed by atoms with Crippen LogP contribution in [0.15, 0.2) is 24.3 Å². The predicted octanol–water partition coefficient (Wildman–Crippen LogP) is 2.58. The Morgan fingerprint density at radius 2 is 1.90 bits per heavy atom. The molecule has 4 nitrogen and oxygen atoms in total. The molecule has 2 rings (SSSR count). The van der Waals surface area contributed by atoms with Gasteiger partial charge in [-0.25, -0.2) is 4.79 Å². The van der Waals surface area contributed by atoms with E-state index in [-0.39, 0.29) is 12.1 Å². The smallest absolute Gasteiger partial charge is 0.407 e. The van der Waals surface area contributed by atoms with Crippen LogP contribution in [0.2, 0.25) is 0 Å². The lowest BCUT2D eigenvalue weighted by molar-refractivity contribution is 0.0504. The largest absolute Gasteiger partial charge is 0.444 e. The van der Waals surface area contributed by atoms with Gasteiger partial charge in [-0.2, -0.15) is 0 Å². The number of rotatable bonds is 2. The van der Waals surface area contributed by atoms with Crippen molar-refractivity contribution in [1.29, 1.82) is 0 Å². The minimum Gasteiger partial charge on any atom is -0.444 e. The van der Waals surface area contributed by atoms with E-state index in [1.807, 2.05) is 20.8 Å². The molecule has 1 aliphatic rings. The average molecular weight is 276 g/mol. The molecule has 0 aromatic heterocycles. The van der Waals surface area contributed by atoms with Crippen molar-refractivity contribution in [2.45, 2.75) is 45.3 Å². The van der Waals surface area contributed by atoms with Crippen LogP contribution in [0.5, 0.6) is 0 Å². The number of carbonyl (C=O) groups is 1. The second kappa shape index (κ2) is 5.83. The van der Waals surface area contributed by atoms with Gasteiger partial charge in [0.1, 0.15) is 5.60 Å². The van der Waals surface area contributed by atoms with Crippen LogP contribution >= 0.6 is 0 Å². The number of nitrogens with one attached hydrogen (secondary N) is 2. The van der Waals surface area contributed by atoms with Crippen LogP contribution in [0, 0.1) is 6.92 Å². The molecular weight excluding hydrogens is 252 g/mol. The first-order chi connectivity index (χ1) is 9.35. The summed E-state index contributed by atoms with van der Waals surface area (Å²) >= 11 is 0. The van der Waals surface area contributed by atoms with Crippen molar-refractivity contribution in [2.75, 3.05) is 13.1 Å². The maximum Gasteiger partial charge on any atom is 0.407 e. The van der Waals surface area contributed by atoms with Crippen molar-refractivity contribution in [3.8, 4) is 0 Å². The van der Waals surface area contributed by atoms with Crippen LogP contribution in [0.3, 0.4) is 0 Å². The normalized spacial score (nSPS) is 22.6. The third-order valence-corrected chi connectivity index (χ3v) is 3.42. The quantitative estimate of drug-likeness (QED) is 0.873. The maximum atomic E-state index is 11.9. The van der Waals surface area contributed by atoms with Crippen molar-refractivity contribution in [3.63, 3.8) is 0 Å². The molecule has 2 unspecified atom stereocenters. The van der Waals surface area contributed by atoms with Crippen molar-refractivity contribution >= 4 is 6.09 Å². The van der Waals surface area contributed by atoms with E-state index in [2.05, 4.69) is 41.8 Å². The van der Waals surface area contributed by atoms with Gasteiger partial charge >= 0.3 is 6.09 Å². The molecule has 1 aliphatic heterocycles. The standard InChI is InChI=1S/C16H24N2O2/c1-11-5-7-12(8-6-11)13-9-17-10-14(13)18-15(19)20-16(2,3)4/h5-8,13-14,17H,9-10H2,1-4H3,(H,18,19). The molecule has 0 saturated carbocycles. The van der Waals surface area contributed by atoms with E-state index < -0.39 is 5.60 Å². The van der Waals surface area contributed by atoms with Gasteiger partial charge in [0.2, 0.25) is 0 Å². The second-order valence-corrected chi connectivity index (χ2v) is 6.43. The van der Waals surface area contributed by atoms with E-state index in [0.717, 1.165) is 13.1 Å². The SMILES string of the molecule is Cc1ccc(C2CNCC2NC(=O)OC(C)(C)C)cc1. The van der Waals surface area contributed by atoms with Gasteiger partial charge in [-0.3, -0.25) is 0 Å². The highest BCUT2D eigenvalue weighted by atomic mass is 16.6. The number of ether oxygens (including phenoxy) is 1. The Balaban J connectivity index is 2.00. The monoisotopic (exact) mass is 276 g/mol. The Hall–Kier alpha value is -1.55. The third kappa shape index (κ3) is 3.97. The Morgan fingerprint density at radius 3 is 2.50 bits per heavy atom. The third-order valence-electron chi connectivity index (χ3n) is 3.42. The molecule has 2 atom stereocenters. The summed E-state index contributed by atoms with van der Waals surface area (Å²) in [5.41, 5.74) is 2.04. The molecule has 110 valence electrons. The molecule has 1 fully saturated rings. The van der Waals surface area contributed by atoms with Gasteiger partial charge in [-0.15, -0.1) is 0 Å². The summed E-state index contributed by atoms with van der Waals surface area (Å²) in [4.78, 5) is 11.9. The van der Waals surface area contributed by atoms with Crippen LogP contribution < -0.4 is 10.6 Å². The zero-order valence-corrected chi connectivity index (χ0v) is 12.7. The summed E-state index contributed by atoms with van der Waals surface area (Å²) in [5, 5.41) is 6.31. The van der Waals surface area contributed by atoms with Crippen molar-refractivity contribution in [3.05, 3.63) is 35.4 Å². The summed E-state index contributed by atoms with van der Waals surface area (Å²) in [6.45, 7) is 9.35. The van der Waals surface area contributed by atoms with Crippen LogP contribution in [-0.4, -0.2) is 30.8 Å². The van der Waals surface area contributed by atoms with Crippen molar-refractivity contribution in [2.24, 2.45) is 0 Å². The number of benzene rings is 1. The molecule has 0 spiro atoms. The number of alkyl carbamates (subject to hydrolysis) is 1. The number of hydrogen-bond acceptors (Lipinski definition) is 3. The van der Waals surface area contributed by atoms with Crippen LogP contribution in [0.4, 0.5) is 4.79 Å². The molecule has 2 N–H and O–H groups in total. The number of hydrogen-bond donors (Lipinski definition) is 2. The number of aryl methyl sites for hydroxylation is 1. The fourth-order valence-corrected chi connectivity index (χ4v) is 2.45. The molecule has 1 aromatic carbocycles. The fraction of sp³-hybridized carbons (Fsp3) is 0.562. The van der Waals surface area contributed by atoms with Crippen LogP contribution in [-0.2, 0) is 4.74 Å². The van der Waals surface area contributed by atoms with E-state index in [4.69, 9.17) is 4.74 Å². The van der Waals surface area contributed by atoms with E-state index in [0.29, 0.717) is 5.92 Å². The lowest BCUT2D eigenvalue weighted by Gasteiger charge is -2.24. The van der Waals surface area contributed by atoms with Crippen molar-refractivity contribution < 1.29 is 9.53 Å². The van der Waals surface area contributed by atoms with Gasteiger partial charge in [0.05, 0.1) is 6.04 Å². The Morgan fingerprint density at radius 1 is 1.25 bits per heavy atom. The zero-order chi connectivity index (χ0) is 14.8. The van der Waals surface area contributed by atoms with Gasteiger partial charge < -0.3 is 15.4 Å². The first kappa shape index (κ1) is 14.9. The first-order valence-electron chi connectivity index (χ1n) is 7.12. The van der Waals surface area contributed by atoms with E-state index >= 15 is 0 Å². The summed E-state index contributed by atoms with van der Waals surface area (Å²) < 4.78 is 5.33. The molecule has 1 amide bonds. The highest BCUT2D eigenvalue weighted by Gasteiger charge is 2.30. The Bertz CT molecular complexity index is 462. The maximum absolute atomic E-state index is 11.9. The summed E-state index contributed by atoms with van der Waals surface area (Å²) in [6.07, 6.45) is -0.344. The predicted molar refractivity (Wildman–Crippen MR) is 79.9 cm³/mol. The molecule has 4 heteroatoms. The molecule has 20 heavy (non-hydrogen) atoms. The molecule has 1 aromatic rings. The van der Waals surface area contributed by atoms with Gasteiger partial charge in [0, 0.05) is 19.0 Å². The van der Waals surface area contributed by atoms with Gasteiger partial charge in [-0.1, -0.05) is 29.8 Å². The molecule has 0 aliphatic carbocycles. The van der Waals surface area contributed by atoms with Gasteiger partial charge in [-0.05, 0) is 33.3 Å². The minimum atomic E-state index is -0.463. The summed E-state index contributed by atoms with van der Waals surface area (Å²) in [6, 6.07) is 8.57. The zero-order valence-electron chi connectivity index (χ0n) is 12.7. The fourth-order valence-electron chi connectivity index (χ4n) is 2.45. The lowest BCUT2D eigenvalue weighted by Crippen LogP contribution is -2.42. The molecule has 0 radical (unpaired) electrons. The van der Waals surface area contributed by atoms with E-state index in [9.17, 15) is 4.79 Å². The van der Waals surface area contributed by atoms with E-state index in [1.54, 1.807) is 0 Å². The van der Waals surface area contributed by atoms with E-state index in [1.165, 1.54) is 11.1 Å². The van der Waals surface area contributed by atoms with Crippen molar-refractivity contribution in [1.82, 2.24) is 10.6 Å². The topological polar surface area (TPSA) is 50.4 Å². The minimum absolute atomic E-state index is 0.0764. The number of carbonyl (C=O) groups excluding carboxylic acids is 1. The lowest BCUT2D eigenvalue weighted by atomic mass is 9.94. The van der Waals surface area contributed by atoms with Crippen LogP contribution in [0.1, 0.15) is 37.8 Å². The molecule has 0 bridgehead atoms. The summed E-state index contributed by atoms with van der Waals surface area (Å²) in [7, 11) is 0.